The summed E-state index contributed by atoms with van der Waals surface area (Å²) in [6.45, 7) is 3.93. The van der Waals surface area contributed by atoms with E-state index in [2.05, 4.69) is 15.9 Å². The lowest BCUT2D eigenvalue weighted by molar-refractivity contribution is -0.120. The van der Waals surface area contributed by atoms with Crippen LogP contribution >= 0.6 is 27.3 Å². The van der Waals surface area contributed by atoms with E-state index in [0.29, 0.717) is 6.42 Å². The van der Waals surface area contributed by atoms with Crippen LogP contribution in [0.25, 0.3) is 0 Å². The van der Waals surface area contributed by atoms with Crippen LogP contribution in [0.15, 0.2) is 15.9 Å². The molecule has 0 saturated carbocycles. The zero-order chi connectivity index (χ0) is 10.7. The molecule has 78 valence electrons. The van der Waals surface area contributed by atoms with E-state index in [4.69, 9.17) is 5.73 Å². The van der Waals surface area contributed by atoms with Gasteiger partial charge < -0.3 is 5.73 Å². The molecule has 1 atom stereocenters. The molecular weight excluding hydrogens is 262 g/mol. The van der Waals surface area contributed by atoms with E-state index in [0.717, 1.165) is 9.35 Å². The Labute approximate surface area is 96.6 Å². The normalized spacial score (nSPS) is 13.2. The van der Waals surface area contributed by atoms with Crippen LogP contribution in [0, 0.1) is 5.92 Å². The smallest absolute Gasteiger partial charge is 0.155 e. The summed E-state index contributed by atoms with van der Waals surface area (Å²) in [6, 6.07) is 1.61. The van der Waals surface area contributed by atoms with Crippen molar-refractivity contribution in [1.29, 1.82) is 0 Å². The quantitative estimate of drug-likeness (QED) is 0.918. The van der Waals surface area contributed by atoms with Gasteiger partial charge in [0.1, 0.15) is 0 Å². The molecule has 2 N–H and O–H groups in total. The van der Waals surface area contributed by atoms with Crippen LogP contribution in [0.3, 0.4) is 0 Å². The zero-order valence-corrected chi connectivity index (χ0v) is 10.7. The minimum absolute atomic E-state index is 0.114. The lowest BCUT2D eigenvalue weighted by Gasteiger charge is -2.13. The Kier molecular flexibility index (Phi) is 4.29. The van der Waals surface area contributed by atoms with Crippen molar-refractivity contribution in [2.24, 2.45) is 11.7 Å². The van der Waals surface area contributed by atoms with E-state index < -0.39 is 0 Å². The van der Waals surface area contributed by atoms with Gasteiger partial charge in [-0.3, -0.25) is 4.79 Å². The van der Waals surface area contributed by atoms with Gasteiger partial charge in [-0.1, -0.05) is 13.8 Å². The monoisotopic (exact) mass is 275 g/mol. The number of nitrogens with two attached hydrogens (primary N) is 1. The van der Waals surface area contributed by atoms with Crippen LogP contribution in [-0.2, 0) is 11.2 Å². The highest BCUT2D eigenvalue weighted by molar-refractivity contribution is 9.10. The number of carbonyl (C=O) groups excluding carboxylic acids is 1. The fourth-order valence-corrected chi connectivity index (χ4v) is 2.60. The van der Waals surface area contributed by atoms with Gasteiger partial charge in [-0.05, 0) is 33.3 Å². The van der Waals surface area contributed by atoms with Gasteiger partial charge in [0.15, 0.2) is 5.78 Å². The molecule has 0 aromatic carbocycles. The highest BCUT2D eigenvalue weighted by atomic mass is 79.9. The molecule has 0 fully saturated rings. The first-order valence-corrected chi connectivity index (χ1v) is 6.19. The SMILES string of the molecule is CC(C)C(N)C(=O)Cc1sccc1Br. The second kappa shape index (κ2) is 5.05. The third-order valence-electron chi connectivity index (χ3n) is 2.12. The summed E-state index contributed by atoms with van der Waals surface area (Å²) < 4.78 is 1.01. The number of halogens is 1. The molecule has 4 heteroatoms. The summed E-state index contributed by atoms with van der Waals surface area (Å²) in [5, 5.41) is 1.97. The average Bonchev–Trinajstić information content (AvgIpc) is 2.50. The number of thiophene rings is 1. The first-order valence-electron chi connectivity index (χ1n) is 4.52. The third kappa shape index (κ3) is 2.90. The first kappa shape index (κ1) is 11.9. The van der Waals surface area contributed by atoms with E-state index in [1.807, 2.05) is 25.3 Å². The molecule has 0 saturated heterocycles. The Morgan fingerprint density at radius 2 is 2.29 bits per heavy atom. The number of ketones is 1. The van der Waals surface area contributed by atoms with Crippen molar-refractivity contribution in [2.45, 2.75) is 26.3 Å². The highest BCUT2D eigenvalue weighted by Crippen LogP contribution is 2.23. The predicted octanol–water partition coefficient (Wildman–Crippen LogP) is 2.61. The Morgan fingerprint density at radius 3 is 2.71 bits per heavy atom. The summed E-state index contributed by atoms with van der Waals surface area (Å²) in [7, 11) is 0. The summed E-state index contributed by atoms with van der Waals surface area (Å²) in [6.07, 6.45) is 0.442. The van der Waals surface area contributed by atoms with Crippen molar-refractivity contribution < 1.29 is 4.79 Å². The van der Waals surface area contributed by atoms with Gasteiger partial charge in [-0.15, -0.1) is 11.3 Å². The van der Waals surface area contributed by atoms with Crippen molar-refractivity contribution >= 4 is 33.0 Å². The van der Waals surface area contributed by atoms with E-state index >= 15 is 0 Å². The fourth-order valence-electron chi connectivity index (χ4n) is 1.10. The van der Waals surface area contributed by atoms with E-state index in [1.54, 1.807) is 11.3 Å². The molecule has 0 aliphatic carbocycles. The maximum absolute atomic E-state index is 11.7. The number of hydrogen-bond donors (Lipinski definition) is 1. The third-order valence-corrected chi connectivity index (χ3v) is 4.04. The van der Waals surface area contributed by atoms with Crippen molar-refractivity contribution in [3.05, 3.63) is 20.8 Å². The van der Waals surface area contributed by atoms with Gasteiger partial charge >= 0.3 is 0 Å². The lowest BCUT2D eigenvalue weighted by atomic mass is 9.99. The molecule has 0 aliphatic heterocycles. The molecule has 0 bridgehead atoms. The van der Waals surface area contributed by atoms with Crippen molar-refractivity contribution in [2.75, 3.05) is 0 Å². The van der Waals surface area contributed by atoms with Gasteiger partial charge in [-0.25, -0.2) is 0 Å². The van der Waals surface area contributed by atoms with Gasteiger partial charge in [0.05, 0.1) is 6.04 Å². The van der Waals surface area contributed by atoms with Crippen LogP contribution in [-0.4, -0.2) is 11.8 Å². The summed E-state index contributed by atoms with van der Waals surface area (Å²) >= 11 is 4.98. The molecule has 1 unspecified atom stereocenters. The highest BCUT2D eigenvalue weighted by Gasteiger charge is 2.18. The fraction of sp³-hybridized carbons (Fsp3) is 0.500. The van der Waals surface area contributed by atoms with Crippen LogP contribution in [0.2, 0.25) is 0 Å². The predicted molar refractivity (Wildman–Crippen MR) is 63.5 cm³/mol. The van der Waals surface area contributed by atoms with Crippen LogP contribution in [0.4, 0.5) is 0 Å². The molecule has 1 aromatic heterocycles. The molecule has 1 heterocycles. The van der Waals surface area contributed by atoms with Crippen molar-refractivity contribution in [1.82, 2.24) is 0 Å². The molecule has 0 spiro atoms. The number of Topliss-reactive ketones (excluding diaryl/α,β-unsaturated/α-hetero) is 1. The topological polar surface area (TPSA) is 43.1 Å². The zero-order valence-electron chi connectivity index (χ0n) is 8.29. The first-order chi connectivity index (χ1) is 6.52. The molecule has 0 radical (unpaired) electrons. The second-order valence-corrected chi connectivity index (χ2v) is 5.46. The van der Waals surface area contributed by atoms with Gasteiger partial charge in [0, 0.05) is 15.8 Å². The molecule has 14 heavy (non-hydrogen) atoms. The molecule has 0 aliphatic rings. The maximum atomic E-state index is 11.7. The Hall–Kier alpha value is -0.190. The Balaban J connectivity index is 2.62. The maximum Gasteiger partial charge on any atom is 0.155 e. The number of carbonyl (C=O) groups is 1. The largest absolute Gasteiger partial charge is 0.321 e. The van der Waals surface area contributed by atoms with Crippen molar-refractivity contribution in [3.8, 4) is 0 Å². The van der Waals surface area contributed by atoms with Crippen LogP contribution < -0.4 is 5.73 Å². The van der Waals surface area contributed by atoms with E-state index in [1.165, 1.54) is 0 Å². The van der Waals surface area contributed by atoms with E-state index in [9.17, 15) is 4.79 Å². The molecule has 1 aromatic rings. The lowest BCUT2D eigenvalue weighted by Crippen LogP contribution is -2.36. The minimum atomic E-state index is -0.344. The van der Waals surface area contributed by atoms with Gasteiger partial charge in [0.25, 0.3) is 0 Å². The summed E-state index contributed by atoms with van der Waals surface area (Å²) in [4.78, 5) is 12.7. The second-order valence-electron chi connectivity index (χ2n) is 3.60. The Bertz CT molecular complexity index is 322. The summed E-state index contributed by atoms with van der Waals surface area (Å²) in [5.41, 5.74) is 5.77. The van der Waals surface area contributed by atoms with Gasteiger partial charge in [0.2, 0.25) is 0 Å². The minimum Gasteiger partial charge on any atom is -0.321 e. The van der Waals surface area contributed by atoms with Crippen LogP contribution in [0.1, 0.15) is 18.7 Å². The Morgan fingerprint density at radius 1 is 1.64 bits per heavy atom. The van der Waals surface area contributed by atoms with Crippen LogP contribution in [0.5, 0.6) is 0 Å². The number of hydrogen-bond acceptors (Lipinski definition) is 3. The molecule has 2 nitrogen and oxygen atoms in total. The molecule has 1 rings (SSSR count). The molecule has 0 amide bonds. The number of rotatable bonds is 4. The van der Waals surface area contributed by atoms with E-state index in [-0.39, 0.29) is 17.7 Å². The summed E-state index contributed by atoms with van der Waals surface area (Å²) in [5.74, 6) is 0.324. The molecular formula is C10H14BrNOS. The average molecular weight is 276 g/mol. The van der Waals surface area contributed by atoms with Gasteiger partial charge in [-0.2, -0.15) is 0 Å². The standard InChI is InChI=1S/C10H14BrNOS/c1-6(2)10(12)8(13)5-9-7(11)3-4-14-9/h3-4,6,10H,5,12H2,1-2H3. The van der Waals surface area contributed by atoms with Crippen molar-refractivity contribution in [3.63, 3.8) is 0 Å².